The second-order valence-electron chi connectivity index (χ2n) is 2.40. The topological polar surface area (TPSA) is 122 Å². The highest BCUT2D eigenvalue weighted by atomic mass is 35.5. The Labute approximate surface area is 103 Å². The molecular formula is C6H16ClN2O5PS. The third-order valence-electron chi connectivity index (χ3n) is 1.13. The van der Waals surface area contributed by atoms with Crippen LogP contribution in [-0.2, 0) is 13.6 Å². The third-order valence-corrected chi connectivity index (χ3v) is 3.48. The zero-order valence-electron chi connectivity index (χ0n) is 8.54. The van der Waals surface area contributed by atoms with Crippen LogP contribution in [0, 0.1) is 0 Å². The smallest absolute Gasteiger partial charge is 0.350 e. The Morgan fingerprint density at radius 2 is 2.06 bits per heavy atom. The van der Waals surface area contributed by atoms with E-state index in [0.717, 1.165) is 13.0 Å². The molecule has 0 spiro atoms. The number of hydrogen-bond acceptors (Lipinski definition) is 6. The normalized spacial score (nSPS) is 10.2. The molecule has 0 rings (SSSR count). The highest BCUT2D eigenvalue weighted by Gasteiger charge is 2.11. The van der Waals surface area contributed by atoms with Gasteiger partial charge in [0.2, 0.25) is 0 Å². The molecule has 0 fully saturated rings. The lowest BCUT2D eigenvalue weighted by atomic mass is 10.4. The molecule has 0 aromatic heterocycles. The molecule has 7 nitrogen and oxygen atoms in total. The minimum atomic E-state index is -3.87. The van der Waals surface area contributed by atoms with Crippen LogP contribution in [0.4, 0.5) is 0 Å². The second kappa shape index (κ2) is 13.2. The highest BCUT2D eigenvalue weighted by molar-refractivity contribution is 8.54. The quantitative estimate of drug-likeness (QED) is 0.282. The summed E-state index contributed by atoms with van der Waals surface area (Å²) in [7, 11) is 0. The van der Waals surface area contributed by atoms with Gasteiger partial charge in [0.1, 0.15) is 11.9 Å². The number of carbonyl (C=O) groups is 1. The Kier molecular flexibility index (Phi) is 15.4. The Hall–Kier alpha value is 0.180. The minimum absolute atomic E-state index is 0.140. The monoisotopic (exact) mass is 294 g/mol. The summed E-state index contributed by atoms with van der Waals surface area (Å²) in [6.07, 6.45) is 0.889. The summed E-state index contributed by atoms with van der Waals surface area (Å²) in [4.78, 5) is 25.7. The summed E-state index contributed by atoms with van der Waals surface area (Å²) in [5, 5.41) is 3.01. The van der Waals surface area contributed by atoms with Crippen molar-refractivity contribution in [3.05, 3.63) is 0 Å². The van der Waals surface area contributed by atoms with Crippen LogP contribution in [0.2, 0.25) is 0 Å². The summed E-state index contributed by atoms with van der Waals surface area (Å²) in [5.41, 5.74) is 5.24. The van der Waals surface area contributed by atoms with Gasteiger partial charge in [-0.05, 0) is 30.9 Å². The highest BCUT2D eigenvalue weighted by Crippen LogP contribution is 2.49. The molecule has 16 heavy (non-hydrogen) atoms. The molecular weight excluding hydrogens is 279 g/mol. The van der Waals surface area contributed by atoms with Crippen LogP contribution in [0.25, 0.3) is 0 Å². The van der Waals surface area contributed by atoms with Gasteiger partial charge in [0, 0.05) is 12.3 Å². The lowest BCUT2D eigenvalue weighted by molar-refractivity contribution is -0.120. The average Bonchev–Trinajstić information content (AvgIpc) is 2.22. The van der Waals surface area contributed by atoms with E-state index >= 15 is 0 Å². The van der Waals surface area contributed by atoms with E-state index in [2.05, 4.69) is 21.5 Å². The van der Waals surface area contributed by atoms with E-state index in [1.54, 1.807) is 0 Å². The predicted octanol–water partition coefficient (Wildman–Crippen LogP) is 0.0639. The lowest BCUT2D eigenvalue weighted by Gasteiger charge is -2.04. The molecule has 0 saturated carbocycles. The summed E-state index contributed by atoms with van der Waals surface area (Å²) in [6, 6.07) is 0. The van der Waals surface area contributed by atoms with Crippen molar-refractivity contribution < 1.29 is 23.4 Å². The van der Waals surface area contributed by atoms with Crippen molar-refractivity contribution in [3.8, 4) is 0 Å². The zero-order valence-corrected chi connectivity index (χ0v) is 11.0. The van der Waals surface area contributed by atoms with Gasteiger partial charge in [-0.25, -0.2) is 4.57 Å². The van der Waals surface area contributed by atoms with E-state index in [0.29, 0.717) is 30.2 Å². The fourth-order valence-electron chi connectivity index (χ4n) is 0.589. The van der Waals surface area contributed by atoms with E-state index < -0.39 is 6.80 Å². The first-order chi connectivity index (χ1) is 7.47. The Morgan fingerprint density at radius 1 is 1.50 bits per heavy atom. The standard InChI is InChI=1S/C5H15N2O3PS.CHClO2/c6-2-1-3-7-4-5-12-11(8,9)10;2-4-1-3/h7H,1-6H2,(H2,8,9,10);1H. The molecule has 0 bridgehead atoms. The number of nitrogens with two attached hydrogens (primary N) is 1. The molecule has 0 aromatic carbocycles. The van der Waals surface area contributed by atoms with Gasteiger partial charge in [0.05, 0.1) is 0 Å². The van der Waals surface area contributed by atoms with Crippen LogP contribution >= 0.6 is 30.0 Å². The molecule has 0 aliphatic heterocycles. The van der Waals surface area contributed by atoms with Crippen LogP contribution in [0.5, 0.6) is 0 Å². The van der Waals surface area contributed by atoms with E-state index in [1.165, 1.54) is 0 Å². The van der Waals surface area contributed by atoms with Crippen LogP contribution in [0.1, 0.15) is 6.42 Å². The molecule has 10 heteroatoms. The maximum absolute atomic E-state index is 10.3. The van der Waals surface area contributed by atoms with Crippen molar-refractivity contribution in [1.29, 1.82) is 0 Å². The van der Waals surface area contributed by atoms with E-state index in [-0.39, 0.29) is 6.47 Å². The van der Waals surface area contributed by atoms with E-state index in [1.807, 2.05) is 0 Å². The second-order valence-corrected chi connectivity index (χ2v) is 6.43. The number of rotatable bonds is 8. The Morgan fingerprint density at radius 3 is 2.44 bits per heavy atom. The molecule has 0 aliphatic carbocycles. The molecule has 98 valence electrons. The lowest BCUT2D eigenvalue weighted by Crippen LogP contribution is -2.20. The summed E-state index contributed by atoms with van der Waals surface area (Å²) in [5.74, 6) is 0.425. The maximum Gasteiger partial charge on any atom is 0.384 e. The van der Waals surface area contributed by atoms with Crippen molar-refractivity contribution >= 4 is 36.5 Å². The molecule has 0 saturated heterocycles. The maximum atomic E-state index is 10.3. The number of nitrogens with one attached hydrogen (secondary N) is 1. The minimum Gasteiger partial charge on any atom is -0.350 e. The Balaban J connectivity index is 0. The van der Waals surface area contributed by atoms with Gasteiger partial charge in [-0.1, -0.05) is 0 Å². The first-order valence-corrected chi connectivity index (χ1v) is 7.81. The SMILES string of the molecule is NCCCNCCSP(=O)(O)O.O=COCl. The van der Waals surface area contributed by atoms with Crippen LogP contribution in [0.3, 0.4) is 0 Å². The summed E-state index contributed by atoms with van der Waals surface area (Å²) in [6.45, 7) is -1.68. The summed E-state index contributed by atoms with van der Waals surface area (Å²) < 4.78 is 13.7. The van der Waals surface area contributed by atoms with Crippen molar-refractivity contribution in [2.45, 2.75) is 6.42 Å². The molecule has 0 unspecified atom stereocenters. The molecule has 0 atom stereocenters. The van der Waals surface area contributed by atoms with Gasteiger partial charge in [0.15, 0.2) is 0 Å². The van der Waals surface area contributed by atoms with Crippen molar-refractivity contribution in [3.63, 3.8) is 0 Å². The van der Waals surface area contributed by atoms with Gasteiger partial charge in [0.25, 0.3) is 0 Å². The molecule has 0 aromatic rings. The van der Waals surface area contributed by atoms with E-state index in [4.69, 9.17) is 20.3 Å². The number of halogens is 1. The Bertz CT molecular complexity index is 205. The fourth-order valence-corrected chi connectivity index (χ4v) is 2.05. The van der Waals surface area contributed by atoms with Crippen molar-refractivity contribution in [1.82, 2.24) is 5.32 Å². The van der Waals surface area contributed by atoms with Crippen LogP contribution in [0.15, 0.2) is 0 Å². The van der Waals surface area contributed by atoms with Gasteiger partial charge in [-0.3, -0.25) is 4.79 Å². The first kappa shape index (κ1) is 18.5. The molecule has 0 amide bonds. The van der Waals surface area contributed by atoms with Gasteiger partial charge < -0.3 is 25.1 Å². The van der Waals surface area contributed by atoms with Gasteiger partial charge >= 0.3 is 13.3 Å². The molecule has 5 N–H and O–H groups in total. The summed E-state index contributed by atoms with van der Waals surface area (Å²) >= 11 is 4.98. The molecule has 0 heterocycles. The van der Waals surface area contributed by atoms with Crippen LogP contribution < -0.4 is 11.1 Å². The fraction of sp³-hybridized carbons (Fsp3) is 0.833. The predicted molar refractivity (Wildman–Crippen MR) is 64.0 cm³/mol. The number of carbonyl (C=O) groups excluding carboxylic acids is 1. The average molecular weight is 295 g/mol. The number of hydrogen-bond donors (Lipinski definition) is 4. The van der Waals surface area contributed by atoms with Crippen molar-refractivity contribution in [2.24, 2.45) is 5.73 Å². The van der Waals surface area contributed by atoms with Crippen molar-refractivity contribution in [2.75, 3.05) is 25.4 Å². The van der Waals surface area contributed by atoms with E-state index in [9.17, 15) is 4.57 Å². The largest absolute Gasteiger partial charge is 0.384 e. The molecule has 0 aliphatic rings. The third kappa shape index (κ3) is 23.8. The zero-order chi connectivity index (χ0) is 12.9. The first-order valence-electron chi connectivity index (χ1n) is 4.29. The van der Waals surface area contributed by atoms with Gasteiger partial charge in [-0.15, -0.1) is 0 Å². The van der Waals surface area contributed by atoms with Gasteiger partial charge in [-0.2, -0.15) is 0 Å². The molecule has 0 radical (unpaired) electrons. The van der Waals surface area contributed by atoms with Crippen LogP contribution in [-0.4, -0.2) is 41.6 Å².